The molecule has 0 fully saturated rings. The predicted molar refractivity (Wildman–Crippen MR) is 84.4 cm³/mol. The summed E-state index contributed by atoms with van der Waals surface area (Å²) in [5.41, 5.74) is 0.936. The Bertz CT molecular complexity index is 601. The molecule has 0 aliphatic rings. The quantitative estimate of drug-likeness (QED) is 0.481. The van der Waals surface area contributed by atoms with Gasteiger partial charge in [-0.3, -0.25) is 4.79 Å². The Morgan fingerprint density at radius 2 is 2.19 bits per heavy atom. The van der Waals surface area contributed by atoms with Crippen molar-refractivity contribution in [2.75, 3.05) is 19.4 Å². The number of carbonyl (C=O) groups excluding carboxylic acids is 1. The van der Waals surface area contributed by atoms with Crippen LogP contribution in [0.25, 0.3) is 10.9 Å². The highest BCUT2D eigenvalue weighted by molar-refractivity contribution is 7.99. The largest absolute Gasteiger partial charge is 0.465 e. The molecule has 0 amide bonds. The molecule has 0 radical (unpaired) electrons. The number of thioether (sulfide) groups is 1. The summed E-state index contributed by atoms with van der Waals surface area (Å²) in [7, 11) is 1.77. The molecule has 0 aliphatic heterocycles. The van der Waals surface area contributed by atoms with E-state index in [4.69, 9.17) is 4.74 Å². The number of fused-ring (bicyclic) bond motifs is 1. The van der Waals surface area contributed by atoms with E-state index in [1.807, 2.05) is 31.2 Å². The highest BCUT2D eigenvalue weighted by Gasteiger charge is 2.17. The lowest BCUT2D eigenvalue weighted by Gasteiger charge is -2.14. The van der Waals surface area contributed by atoms with E-state index in [-0.39, 0.29) is 12.0 Å². The van der Waals surface area contributed by atoms with Crippen molar-refractivity contribution in [3.8, 4) is 0 Å². The highest BCUT2D eigenvalue weighted by atomic mass is 32.2. The molecular weight excluding hydrogens is 286 g/mol. The summed E-state index contributed by atoms with van der Waals surface area (Å²) in [6, 6.07) is 7.65. The van der Waals surface area contributed by atoms with Gasteiger partial charge in [0, 0.05) is 11.1 Å². The molecule has 1 aromatic carbocycles. The van der Waals surface area contributed by atoms with Crippen LogP contribution in [0.4, 0.5) is 0 Å². The summed E-state index contributed by atoms with van der Waals surface area (Å²) in [6.07, 6.45) is 2.27. The zero-order chi connectivity index (χ0) is 15.1. The van der Waals surface area contributed by atoms with E-state index in [0.717, 1.165) is 21.7 Å². The number of ether oxygens (including phenoxy) is 1. The van der Waals surface area contributed by atoms with Crippen LogP contribution in [0, 0.1) is 0 Å². The Balaban J connectivity index is 1.97. The number of para-hydroxylation sites is 1. The van der Waals surface area contributed by atoms with Gasteiger partial charge in [0.25, 0.3) is 0 Å². The molecular formula is C15H19N3O2S. The maximum absolute atomic E-state index is 11.7. The average Bonchev–Trinajstić information content (AvgIpc) is 2.52. The molecule has 0 saturated heterocycles. The van der Waals surface area contributed by atoms with E-state index >= 15 is 0 Å². The number of nitrogens with one attached hydrogen (secondary N) is 1. The highest BCUT2D eigenvalue weighted by Crippen LogP contribution is 2.24. The van der Waals surface area contributed by atoms with Gasteiger partial charge < -0.3 is 10.1 Å². The molecule has 2 rings (SSSR count). The third kappa shape index (κ3) is 4.15. The fraction of sp³-hybridized carbons (Fsp3) is 0.400. The molecule has 1 atom stereocenters. The molecule has 2 aromatic rings. The minimum absolute atomic E-state index is 0.201. The molecule has 0 bridgehead atoms. The van der Waals surface area contributed by atoms with Gasteiger partial charge in [-0.05, 0) is 26.5 Å². The lowest BCUT2D eigenvalue weighted by Crippen LogP contribution is -2.36. The molecule has 6 heteroatoms. The van der Waals surface area contributed by atoms with Crippen molar-refractivity contribution in [2.45, 2.75) is 24.4 Å². The first-order valence-electron chi connectivity index (χ1n) is 6.92. The summed E-state index contributed by atoms with van der Waals surface area (Å²) in [5.74, 6) is 0.582. The molecule has 21 heavy (non-hydrogen) atoms. The summed E-state index contributed by atoms with van der Waals surface area (Å²) >= 11 is 1.63. The first kappa shape index (κ1) is 15.7. The van der Waals surface area contributed by atoms with Gasteiger partial charge >= 0.3 is 5.97 Å². The lowest BCUT2D eigenvalue weighted by atomic mass is 10.2. The van der Waals surface area contributed by atoms with Gasteiger partial charge in [0.15, 0.2) is 0 Å². The van der Waals surface area contributed by atoms with Crippen molar-refractivity contribution < 1.29 is 9.53 Å². The normalized spacial score (nSPS) is 12.3. The fourth-order valence-corrected chi connectivity index (χ4v) is 2.99. The number of hydrogen-bond donors (Lipinski definition) is 1. The Morgan fingerprint density at radius 1 is 1.38 bits per heavy atom. The van der Waals surface area contributed by atoms with Crippen LogP contribution in [0.2, 0.25) is 0 Å². The molecule has 5 nitrogen and oxygen atoms in total. The van der Waals surface area contributed by atoms with Gasteiger partial charge in [-0.2, -0.15) is 0 Å². The van der Waals surface area contributed by atoms with E-state index in [1.54, 1.807) is 25.1 Å². The van der Waals surface area contributed by atoms with Gasteiger partial charge in [0.05, 0.1) is 12.1 Å². The smallest absolute Gasteiger partial charge is 0.323 e. The van der Waals surface area contributed by atoms with Crippen LogP contribution in [0.15, 0.2) is 35.6 Å². The number of hydrogen-bond acceptors (Lipinski definition) is 6. The number of carbonyl (C=O) groups is 1. The van der Waals surface area contributed by atoms with Gasteiger partial charge in [0.1, 0.15) is 17.4 Å². The molecule has 112 valence electrons. The van der Waals surface area contributed by atoms with Crippen LogP contribution in [0.5, 0.6) is 0 Å². The third-order valence-electron chi connectivity index (χ3n) is 3.07. The second-order valence-corrected chi connectivity index (χ2v) is 5.51. The Hall–Kier alpha value is -1.66. The van der Waals surface area contributed by atoms with Gasteiger partial charge in [0.2, 0.25) is 0 Å². The van der Waals surface area contributed by atoms with Gasteiger partial charge in [-0.15, -0.1) is 11.8 Å². The summed E-state index contributed by atoms with van der Waals surface area (Å²) in [6.45, 7) is 2.22. The van der Waals surface area contributed by atoms with Crippen LogP contribution in [-0.2, 0) is 9.53 Å². The maximum Gasteiger partial charge on any atom is 0.323 e. The van der Waals surface area contributed by atoms with E-state index in [2.05, 4.69) is 15.3 Å². The minimum atomic E-state index is -0.273. The van der Waals surface area contributed by atoms with Crippen LogP contribution < -0.4 is 5.32 Å². The number of likely N-dealkylation sites (N-methyl/N-ethyl adjacent to an activating group) is 1. The van der Waals surface area contributed by atoms with Crippen LogP contribution in [-0.4, -0.2) is 41.4 Å². The second kappa shape index (κ2) is 7.95. The van der Waals surface area contributed by atoms with Crippen LogP contribution in [0.1, 0.15) is 13.3 Å². The first-order chi connectivity index (χ1) is 10.3. The lowest BCUT2D eigenvalue weighted by molar-refractivity contribution is -0.145. The number of aromatic nitrogens is 2. The van der Waals surface area contributed by atoms with Crippen molar-refractivity contribution in [3.05, 3.63) is 30.6 Å². The molecule has 0 spiro atoms. The first-order valence-corrected chi connectivity index (χ1v) is 7.91. The molecule has 1 N–H and O–H groups in total. The van der Waals surface area contributed by atoms with Gasteiger partial charge in [-0.25, -0.2) is 9.97 Å². The molecule has 1 heterocycles. The van der Waals surface area contributed by atoms with Crippen molar-refractivity contribution in [3.63, 3.8) is 0 Å². The number of nitrogens with zero attached hydrogens (tertiary/aromatic N) is 2. The van der Waals surface area contributed by atoms with Crippen LogP contribution >= 0.6 is 11.8 Å². The maximum atomic E-state index is 11.7. The predicted octanol–water partition coefficient (Wildman–Crippen LogP) is 2.26. The minimum Gasteiger partial charge on any atom is -0.465 e. The van der Waals surface area contributed by atoms with Gasteiger partial charge in [-0.1, -0.05) is 18.2 Å². The zero-order valence-corrected chi connectivity index (χ0v) is 13.0. The van der Waals surface area contributed by atoms with E-state index < -0.39 is 0 Å². The van der Waals surface area contributed by atoms with Crippen molar-refractivity contribution in [1.29, 1.82) is 0 Å². The number of rotatable bonds is 7. The van der Waals surface area contributed by atoms with E-state index in [1.165, 1.54) is 0 Å². The SMILES string of the molecule is CCOC(=O)C(CCSc1ncnc2ccccc12)NC. The summed E-state index contributed by atoms with van der Waals surface area (Å²) in [5, 5.41) is 4.98. The Kier molecular flexibility index (Phi) is 5.95. The Morgan fingerprint density at radius 3 is 2.95 bits per heavy atom. The standard InChI is InChI=1S/C15H19N3O2S/c1-3-20-15(19)13(16-2)8-9-21-14-11-6-4-5-7-12(11)17-10-18-14/h4-7,10,13,16H,3,8-9H2,1-2H3. The third-order valence-corrected chi connectivity index (χ3v) is 4.11. The van der Waals surface area contributed by atoms with Crippen molar-refractivity contribution >= 4 is 28.6 Å². The monoisotopic (exact) mass is 305 g/mol. The topological polar surface area (TPSA) is 64.1 Å². The Labute approximate surface area is 128 Å². The van der Waals surface area contributed by atoms with Crippen molar-refractivity contribution in [1.82, 2.24) is 15.3 Å². The summed E-state index contributed by atoms with van der Waals surface area (Å²) in [4.78, 5) is 20.3. The van der Waals surface area contributed by atoms with E-state index in [9.17, 15) is 4.79 Å². The summed E-state index contributed by atoms with van der Waals surface area (Å²) < 4.78 is 5.03. The second-order valence-electron chi connectivity index (χ2n) is 4.43. The average molecular weight is 305 g/mol. The molecule has 0 saturated carbocycles. The molecule has 1 unspecified atom stereocenters. The fourth-order valence-electron chi connectivity index (χ4n) is 1.99. The van der Waals surface area contributed by atoms with Crippen molar-refractivity contribution in [2.24, 2.45) is 0 Å². The van der Waals surface area contributed by atoms with E-state index in [0.29, 0.717) is 13.0 Å². The number of esters is 1. The molecule has 1 aromatic heterocycles. The zero-order valence-electron chi connectivity index (χ0n) is 12.2. The number of benzene rings is 1. The van der Waals surface area contributed by atoms with Crippen LogP contribution in [0.3, 0.4) is 0 Å². The molecule has 0 aliphatic carbocycles.